The van der Waals surface area contributed by atoms with Gasteiger partial charge in [0.1, 0.15) is 5.82 Å². The molecule has 2 aliphatic rings. The van der Waals surface area contributed by atoms with Gasteiger partial charge in [0, 0.05) is 31.2 Å². The molecule has 3 rings (SSSR count). The molecule has 112 valence electrons. The van der Waals surface area contributed by atoms with E-state index in [0.717, 1.165) is 31.0 Å². The molecule has 20 heavy (non-hydrogen) atoms. The number of hydrogen-bond donors (Lipinski definition) is 1. The second-order valence-electron chi connectivity index (χ2n) is 6.47. The summed E-state index contributed by atoms with van der Waals surface area (Å²) >= 11 is 0. The molecule has 1 aliphatic carbocycles. The van der Waals surface area contributed by atoms with Gasteiger partial charge in [0.15, 0.2) is 0 Å². The number of nitrogens with two attached hydrogens (primary N) is 1. The Bertz CT molecular complexity index is 482. The molecular formula is C15H23ClFN3. The molecule has 1 saturated carbocycles. The lowest BCUT2D eigenvalue weighted by Crippen LogP contribution is -2.50. The van der Waals surface area contributed by atoms with E-state index in [1.165, 1.54) is 12.8 Å². The zero-order chi connectivity index (χ0) is 13.6. The van der Waals surface area contributed by atoms with E-state index in [0.29, 0.717) is 6.04 Å². The van der Waals surface area contributed by atoms with Crippen LogP contribution in [0.15, 0.2) is 18.2 Å². The normalized spacial score (nSPS) is 18.6. The maximum atomic E-state index is 13.5. The lowest BCUT2D eigenvalue weighted by Gasteiger charge is -2.41. The minimum absolute atomic E-state index is 0. The minimum Gasteiger partial charge on any atom is -0.366 e. The second kappa shape index (κ2) is 5.41. The summed E-state index contributed by atoms with van der Waals surface area (Å²) < 4.78 is 13.5. The third-order valence-electron chi connectivity index (χ3n) is 3.78. The molecule has 1 aliphatic heterocycles. The van der Waals surface area contributed by atoms with Crippen LogP contribution in [0.1, 0.15) is 26.7 Å². The molecule has 1 aromatic rings. The lowest BCUT2D eigenvalue weighted by molar-refractivity contribution is 0.499. The van der Waals surface area contributed by atoms with Crippen molar-refractivity contribution in [1.29, 1.82) is 0 Å². The van der Waals surface area contributed by atoms with Gasteiger partial charge in [-0.15, -0.1) is 12.4 Å². The molecule has 0 amide bonds. The molecule has 0 aromatic heterocycles. The topological polar surface area (TPSA) is 32.5 Å². The fourth-order valence-electron chi connectivity index (χ4n) is 2.89. The predicted octanol–water partition coefficient (Wildman–Crippen LogP) is 2.77. The highest BCUT2D eigenvalue weighted by Crippen LogP contribution is 2.40. The van der Waals surface area contributed by atoms with Gasteiger partial charge in [-0.2, -0.15) is 0 Å². The predicted molar refractivity (Wildman–Crippen MR) is 84.5 cm³/mol. The summed E-state index contributed by atoms with van der Waals surface area (Å²) in [5.74, 6) is -0.154. The van der Waals surface area contributed by atoms with Crippen LogP contribution in [0.4, 0.5) is 15.8 Å². The minimum atomic E-state index is -0.243. The molecule has 0 spiro atoms. The van der Waals surface area contributed by atoms with Gasteiger partial charge < -0.3 is 15.5 Å². The number of halogens is 2. The molecular weight excluding hydrogens is 277 g/mol. The summed E-state index contributed by atoms with van der Waals surface area (Å²) in [5, 5.41) is 0. The monoisotopic (exact) mass is 299 g/mol. The molecule has 1 heterocycles. The second-order valence-corrected chi connectivity index (χ2v) is 6.47. The molecule has 1 aromatic carbocycles. The van der Waals surface area contributed by atoms with E-state index >= 15 is 0 Å². The first-order valence-electron chi connectivity index (χ1n) is 7.04. The van der Waals surface area contributed by atoms with E-state index in [-0.39, 0.29) is 23.8 Å². The number of fused-ring (bicyclic) bond motifs is 1. The van der Waals surface area contributed by atoms with Crippen molar-refractivity contribution in [1.82, 2.24) is 0 Å². The van der Waals surface area contributed by atoms with Gasteiger partial charge in [-0.1, -0.05) is 0 Å². The van der Waals surface area contributed by atoms with Crippen LogP contribution in [0.25, 0.3) is 0 Å². The van der Waals surface area contributed by atoms with Crippen LogP contribution in [0.3, 0.4) is 0 Å². The number of hydrogen-bond acceptors (Lipinski definition) is 3. The van der Waals surface area contributed by atoms with Crippen LogP contribution in [0, 0.1) is 5.82 Å². The Morgan fingerprint density at radius 3 is 2.55 bits per heavy atom. The highest BCUT2D eigenvalue weighted by Gasteiger charge is 2.34. The molecule has 0 saturated heterocycles. The van der Waals surface area contributed by atoms with Crippen LogP contribution in [-0.4, -0.2) is 31.2 Å². The molecule has 1 fully saturated rings. The fourth-order valence-corrected chi connectivity index (χ4v) is 2.89. The van der Waals surface area contributed by atoms with Crippen LogP contribution in [-0.2, 0) is 0 Å². The molecule has 2 N–H and O–H groups in total. The first kappa shape index (κ1) is 15.4. The van der Waals surface area contributed by atoms with Crippen molar-refractivity contribution in [3.05, 3.63) is 24.0 Å². The standard InChI is InChI=1S/C15H22FN3.ClH/c1-15(2,17)10-18-7-8-19(12-4-5-12)14-9-11(16)3-6-13(14)18;/h3,6,9,12H,4-5,7-8,10,17H2,1-2H3;1H. The highest BCUT2D eigenvalue weighted by atomic mass is 35.5. The smallest absolute Gasteiger partial charge is 0.125 e. The Morgan fingerprint density at radius 1 is 1.25 bits per heavy atom. The quantitative estimate of drug-likeness (QED) is 0.931. The molecule has 0 radical (unpaired) electrons. The largest absolute Gasteiger partial charge is 0.366 e. The van der Waals surface area contributed by atoms with E-state index in [4.69, 9.17) is 5.73 Å². The van der Waals surface area contributed by atoms with Gasteiger partial charge in [-0.25, -0.2) is 4.39 Å². The highest BCUT2D eigenvalue weighted by molar-refractivity contribution is 5.85. The Balaban J connectivity index is 0.00000147. The van der Waals surface area contributed by atoms with Gasteiger partial charge in [0.2, 0.25) is 0 Å². The van der Waals surface area contributed by atoms with Gasteiger partial charge >= 0.3 is 0 Å². The van der Waals surface area contributed by atoms with Crippen LogP contribution >= 0.6 is 12.4 Å². The Kier molecular flexibility index (Phi) is 4.17. The van der Waals surface area contributed by atoms with Crippen LogP contribution in [0.5, 0.6) is 0 Å². The Labute approximate surface area is 126 Å². The summed E-state index contributed by atoms with van der Waals surface area (Å²) in [6.45, 7) is 6.80. The van der Waals surface area contributed by atoms with E-state index in [9.17, 15) is 4.39 Å². The number of benzene rings is 1. The summed E-state index contributed by atoms with van der Waals surface area (Å²) in [5.41, 5.74) is 8.05. The van der Waals surface area contributed by atoms with Crippen molar-refractivity contribution in [3.63, 3.8) is 0 Å². The van der Waals surface area contributed by atoms with Crippen molar-refractivity contribution in [2.75, 3.05) is 29.4 Å². The van der Waals surface area contributed by atoms with E-state index < -0.39 is 0 Å². The first-order valence-corrected chi connectivity index (χ1v) is 7.04. The maximum Gasteiger partial charge on any atom is 0.125 e. The van der Waals surface area contributed by atoms with Crippen LogP contribution in [0.2, 0.25) is 0 Å². The van der Waals surface area contributed by atoms with Gasteiger partial charge in [-0.3, -0.25) is 0 Å². The molecule has 0 atom stereocenters. The number of rotatable bonds is 3. The summed E-state index contributed by atoms with van der Waals surface area (Å²) in [7, 11) is 0. The van der Waals surface area contributed by atoms with Crippen LogP contribution < -0.4 is 15.5 Å². The average Bonchev–Trinajstić information content (AvgIpc) is 3.11. The van der Waals surface area contributed by atoms with Gasteiger partial charge in [-0.05, 0) is 44.9 Å². The summed E-state index contributed by atoms with van der Waals surface area (Å²) in [6, 6.07) is 5.73. The summed E-state index contributed by atoms with van der Waals surface area (Å²) in [4.78, 5) is 4.64. The van der Waals surface area contributed by atoms with E-state index in [1.54, 1.807) is 12.1 Å². The van der Waals surface area contributed by atoms with Crippen molar-refractivity contribution in [3.8, 4) is 0 Å². The van der Waals surface area contributed by atoms with Crippen molar-refractivity contribution in [2.45, 2.75) is 38.3 Å². The van der Waals surface area contributed by atoms with Gasteiger partial charge in [0.25, 0.3) is 0 Å². The van der Waals surface area contributed by atoms with Crippen molar-refractivity contribution >= 4 is 23.8 Å². The van der Waals surface area contributed by atoms with E-state index in [1.807, 2.05) is 19.9 Å². The first-order chi connectivity index (χ1) is 8.94. The van der Waals surface area contributed by atoms with Crippen molar-refractivity contribution in [2.24, 2.45) is 5.73 Å². The van der Waals surface area contributed by atoms with Crippen molar-refractivity contribution < 1.29 is 4.39 Å². The lowest BCUT2D eigenvalue weighted by atomic mass is 10.0. The third kappa shape index (κ3) is 3.18. The van der Waals surface area contributed by atoms with E-state index in [2.05, 4.69) is 9.80 Å². The molecule has 0 bridgehead atoms. The number of nitrogens with zero attached hydrogens (tertiary/aromatic N) is 2. The Hall–Kier alpha value is -1.00. The fraction of sp³-hybridized carbons (Fsp3) is 0.600. The third-order valence-corrected chi connectivity index (χ3v) is 3.78. The molecule has 5 heteroatoms. The zero-order valence-electron chi connectivity index (χ0n) is 12.1. The Morgan fingerprint density at radius 2 is 1.95 bits per heavy atom. The zero-order valence-corrected chi connectivity index (χ0v) is 12.9. The average molecular weight is 300 g/mol. The molecule has 0 unspecified atom stereocenters. The number of anilines is 2. The SMILES string of the molecule is CC(C)(N)CN1CCN(C2CC2)c2cc(F)ccc21.Cl. The maximum absolute atomic E-state index is 13.5. The summed E-state index contributed by atoms with van der Waals surface area (Å²) in [6.07, 6.45) is 2.47. The van der Waals surface area contributed by atoms with Gasteiger partial charge in [0.05, 0.1) is 11.4 Å². The molecule has 3 nitrogen and oxygen atoms in total.